The molecule has 1 amide bonds. The van der Waals surface area contributed by atoms with Crippen LogP contribution < -0.4 is 15.8 Å². The van der Waals surface area contributed by atoms with E-state index in [9.17, 15) is 4.79 Å². The first kappa shape index (κ1) is 15.3. The molecule has 0 bridgehead atoms. The van der Waals surface area contributed by atoms with Crippen LogP contribution in [0.25, 0.3) is 0 Å². The van der Waals surface area contributed by atoms with Crippen molar-refractivity contribution in [3.8, 4) is 5.75 Å². The van der Waals surface area contributed by atoms with Gasteiger partial charge >= 0.3 is 0 Å². The SMILES string of the molecule is COc1ccc(Br)c(NC(=O)C2(CN)CCOCC2)c1. The van der Waals surface area contributed by atoms with E-state index < -0.39 is 5.41 Å². The largest absolute Gasteiger partial charge is 0.497 e. The second kappa shape index (κ2) is 6.56. The van der Waals surface area contributed by atoms with Gasteiger partial charge in [0.1, 0.15) is 5.75 Å². The average molecular weight is 343 g/mol. The van der Waals surface area contributed by atoms with Crippen LogP contribution in [0.2, 0.25) is 0 Å². The predicted octanol–water partition coefficient (Wildman–Crippen LogP) is 2.15. The quantitative estimate of drug-likeness (QED) is 0.879. The minimum atomic E-state index is -0.541. The van der Waals surface area contributed by atoms with Gasteiger partial charge in [0, 0.05) is 30.3 Å². The highest BCUT2D eigenvalue weighted by Crippen LogP contribution is 2.33. The Hall–Kier alpha value is -1.11. The highest BCUT2D eigenvalue weighted by molar-refractivity contribution is 9.10. The third kappa shape index (κ3) is 3.13. The molecule has 6 heteroatoms. The van der Waals surface area contributed by atoms with Gasteiger partial charge in [0.15, 0.2) is 0 Å². The smallest absolute Gasteiger partial charge is 0.232 e. The lowest BCUT2D eigenvalue weighted by atomic mass is 9.79. The van der Waals surface area contributed by atoms with E-state index in [0.717, 1.165) is 4.47 Å². The van der Waals surface area contributed by atoms with Crippen molar-refractivity contribution in [2.45, 2.75) is 12.8 Å². The van der Waals surface area contributed by atoms with Crippen LogP contribution in [0.4, 0.5) is 5.69 Å². The maximum atomic E-state index is 12.6. The van der Waals surface area contributed by atoms with Gasteiger partial charge in [-0.15, -0.1) is 0 Å². The summed E-state index contributed by atoms with van der Waals surface area (Å²) in [5, 5.41) is 2.95. The van der Waals surface area contributed by atoms with Gasteiger partial charge in [0.25, 0.3) is 0 Å². The van der Waals surface area contributed by atoms with Gasteiger partial charge in [-0.3, -0.25) is 4.79 Å². The Morgan fingerprint density at radius 3 is 2.80 bits per heavy atom. The zero-order valence-corrected chi connectivity index (χ0v) is 13.0. The number of nitrogens with one attached hydrogen (secondary N) is 1. The van der Waals surface area contributed by atoms with Gasteiger partial charge in [-0.1, -0.05) is 0 Å². The fourth-order valence-corrected chi connectivity index (χ4v) is 2.61. The first-order chi connectivity index (χ1) is 9.61. The standard InChI is InChI=1S/C14H19BrN2O3/c1-19-10-2-3-11(15)12(8-10)17-13(18)14(9-16)4-6-20-7-5-14/h2-3,8H,4-7,9,16H2,1H3,(H,17,18). The fourth-order valence-electron chi connectivity index (χ4n) is 2.27. The molecule has 2 rings (SSSR count). The van der Waals surface area contributed by atoms with Crippen LogP contribution in [0.3, 0.4) is 0 Å². The van der Waals surface area contributed by atoms with Crippen molar-refractivity contribution < 1.29 is 14.3 Å². The molecule has 0 radical (unpaired) electrons. The first-order valence-corrected chi connectivity index (χ1v) is 7.33. The van der Waals surface area contributed by atoms with E-state index in [2.05, 4.69) is 21.2 Å². The van der Waals surface area contributed by atoms with Crippen molar-refractivity contribution in [1.29, 1.82) is 0 Å². The van der Waals surface area contributed by atoms with Gasteiger partial charge < -0.3 is 20.5 Å². The maximum Gasteiger partial charge on any atom is 0.232 e. The summed E-state index contributed by atoms with van der Waals surface area (Å²) in [6.45, 7) is 1.47. The van der Waals surface area contributed by atoms with Crippen molar-refractivity contribution in [1.82, 2.24) is 0 Å². The molecule has 0 aliphatic carbocycles. The van der Waals surface area contributed by atoms with E-state index in [-0.39, 0.29) is 5.91 Å². The minimum absolute atomic E-state index is 0.0581. The van der Waals surface area contributed by atoms with Crippen LogP contribution in [0.1, 0.15) is 12.8 Å². The number of nitrogens with two attached hydrogens (primary N) is 1. The predicted molar refractivity (Wildman–Crippen MR) is 80.9 cm³/mol. The van der Waals surface area contributed by atoms with Crippen molar-refractivity contribution in [3.05, 3.63) is 22.7 Å². The third-order valence-corrected chi connectivity index (χ3v) is 4.44. The molecule has 110 valence electrons. The summed E-state index contributed by atoms with van der Waals surface area (Å²) < 4.78 is 11.3. The van der Waals surface area contributed by atoms with E-state index in [0.29, 0.717) is 44.0 Å². The van der Waals surface area contributed by atoms with Gasteiger partial charge in [-0.25, -0.2) is 0 Å². The molecule has 0 saturated carbocycles. The summed E-state index contributed by atoms with van der Waals surface area (Å²) in [5.74, 6) is 0.634. The molecule has 20 heavy (non-hydrogen) atoms. The summed E-state index contributed by atoms with van der Waals surface area (Å²) >= 11 is 3.43. The highest BCUT2D eigenvalue weighted by Gasteiger charge is 2.39. The van der Waals surface area contributed by atoms with E-state index in [4.69, 9.17) is 15.2 Å². The van der Waals surface area contributed by atoms with Crippen LogP contribution in [0, 0.1) is 5.41 Å². The zero-order valence-electron chi connectivity index (χ0n) is 11.4. The van der Waals surface area contributed by atoms with Crippen molar-refractivity contribution in [2.24, 2.45) is 11.1 Å². The number of ether oxygens (including phenoxy) is 2. The van der Waals surface area contributed by atoms with Crippen molar-refractivity contribution in [2.75, 3.05) is 32.2 Å². The molecular formula is C14H19BrN2O3. The lowest BCUT2D eigenvalue weighted by Crippen LogP contribution is -2.46. The Kier molecular flexibility index (Phi) is 5.01. The summed E-state index contributed by atoms with van der Waals surface area (Å²) in [7, 11) is 1.59. The summed E-state index contributed by atoms with van der Waals surface area (Å²) in [4.78, 5) is 12.6. The van der Waals surface area contributed by atoms with Gasteiger partial charge in [0.05, 0.1) is 18.2 Å². The lowest BCUT2D eigenvalue weighted by Gasteiger charge is -2.34. The number of hydrogen-bond acceptors (Lipinski definition) is 4. The molecule has 1 aromatic rings. The van der Waals surface area contributed by atoms with E-state index >= 15 is 0 Å². The molecule has 0 unspecified atom stereocenters. The third-order valence-electron chi connectivity index (χ3n) is 3.74. The maximum absolute atomic E-state index is 12.6. The molecule has 3 N–H and O–H groups in total. The molecule has 1 fully saturated rings. The van der Waals surface area contributed by atoms with Crippen LogP contribution in [-0.2, 0) is 9.53 Å². The number of amides is 1. The Bertz CT molecular complexity index is 487. The molecule has 0 spiro atoms. The molecule has 1 aliphatic heterocycles. The number of anilines is 1. The first-order valence-electron chi connectivity index (χ1n) is 6.54. The molecule has 1 aromatic carbocycles. The topological polar surface area (TPSA) is 73.6 Å². The molecule has 5 nitrogen and oxygen atoms in total. The second-order valence-electron chi connectivity index (χ2n) is 4.90. The number of carbonyl (C=O) groups excluding carboxylic acids is 1. The van der Waals surface area contributed by atoms with Crippen LogP contribution in [0.5, 0.6) is 5.75 Å². The minimum Gasteiger partial charge on any atom is -0.497 e. The molecule has 0 atom stereocenters. The van der Waals surface area contributed by atoms with Crippen LogP contribution in [0.15, 0.2) is 22.7 Å². The number of rotatable bonds is 4. The van der Waals surface area contributed by atoms with Crippen LogP contribution in [-0.4, -0.2) is 32.8 Å². The average Bonchev–Trinajstić information content (AvgIpc) is 2.50. The zero-order chi connectivity index (χ0) is 14.6. The van der Waals surface area contributed by atoms with E-state index in [1.165, 1.54) is 0 Å². The Morgan fingerprint density at radius 1 is 1.50 bits per heavy atom. The molecular weight excluding hydrogens is 324 g/mol. The Labute approximate surface area is 126 Å². The molecule has 1 saturated heterocycles. The van der Waals surface area contributed by atoms with Gasteiger partial charge in [-0.2, -0.15) is 0 Å². The number of benzene rings is 1. The number of carbonyl (C=O) groups is 1. The van der Waals surface area contributed by atoms with Gasteiger partial charge in [0.2, 0.25) is 5.91 Å². The number of methoxy groups -OCH3 is 1. The van der Waals surface area contributed by atoms with Gasteiger partial charge in [-0.05, 0) is 40.9 Å². The lowest BCUT2D eigenvalue weighted by molar-refractivity contribution is -0.130. The molecule has 0 aromatic heterocycles. The Balaban J connectivity index is 2.18. The van der Waals surface area contributed by atoms with E-state index in [1.807, 2.05) is 12.1 Å². The Morgan fingerprint density at radius 2 is 2.20 bits per heavy atom. The summed E-state index contributed by atoms with van der Waals surface area (Å²) in [5.41, 5.74) is 5.98. The van der Waals surface area contributed by atoms with Crippen molar-refractivity contribution >= 4 is 27.5 Å². The van der Waals surface area contributed by atoms with Crippen LogP contribution >= 0.6 is 15.9 Å². The van der Waals surface area contributed by atoms with Crippen molar-refractivity contribution in [3.63, 3.8) is 0 Å². The number of halogens is 1. The molecule has 1 aliphatic rings. The monoisotopic (exact) mass is 342 g/mol. The van der Waals surface area contributed by atoms with E-state index in [1.54, 1.807) is 13.2 Å². The highest BCUT2D eigenvalue weighted by atomic mass is 79.9. The summed E-state index contributed by atoms with van der Waals surface area (Å²) in [6, 6.07) is 5.45. The number of hydrogen-bond donors (Lipinski definition) is 2. The fraction of sp³-hybridized carbons (Fsp3) is 0.500. The second-order valence-corrected chi connectivity index (χ2v) is 5.75. The summed E-state index contributed by atoms with van der Waals surface area (Å²) in [6.07, 6.45) is 1.30. The molecule has 1 heterocycles. The normalized spacial score (nSPS) is 17.6.